The highest BCUT2D eigenvalue weighted by Crippen LogP contribution is 2.36. The molecule has 1 fully saturated rings. The van der Waals surface area contributed by atoms with E-state index in [0.29, 0.717) is 0 Å². The highest BCUT2D eigenvalue weighted by atomic mass is 35.5. The van der Waals surface area contributed by atoms with Crippen LogP contribution in [0.4, 0.5) is 18.9 Å². The minimum absolute atomic E-state index is 0.0605. The van der Waals surface area contributed by atoms with E-state index in [4.69, 9.17) is 11.6 Å². The van der Waals surface area contributed by atoms with Crippen molar-refractivity contribution in [3.05, 3.63) is 28.8 Å². The maximum atomic E-state index is 12.9. The summed E-state index contributed by atoms with van der Waals surface area (Å²) in [6.07, 6.45) is -4.65. The first-order valence-electron chi connectivity index (χ1n) is 6.66. The summed E-state index contributed by atoms with van der Waals surface area (Å²) in [6.45, 7) is 0.195. The standard InChI is InChI=1S/C13H14ClF3N2O3S/c14-9-1-2-11(10(7-9)13(15,16)17)18-12(20)8-19-3-5-23(21,22)6-4-19/h1-2,7H,3-6,8H2,(H,18,20). The summed E-state index contributed by atoms with van der Waals surface area (Å²) in [5, 5.41) is 2.12. The molecular weight excluding hydrogens is 357 g/mol. The molecule has 1 heterocycles. The van der Waals surface area contributed by atoms with Crippen molar-refractivity contribution in [1.82, 2.24) is 4.90 Å². The van der Waals surface area contributed by atoms with E-state index < -0.39 is 27.5 Å². The Balaban J connectivity index is 2.04. The maximum absolute atomic E-state index is 12.9. The molecule has 23 heavy (non-hydrogen) atoms. The van der Waals surface area contributed by atoms with Crippen LogP contribution in [0.5, 0.6) is 0 Å². The number of amides is 1. The summed E-state index contributed by atoms with van der Waals surface area (Å²) < 4.78 is 61.4. The molecule has 0 saturated carbocycles. The largest absolute Gasteiger partial charge is 0.418 e. The normalized spacial score (nSPS) is 18.6. The van der Waals surface area contributed by atoms with Gasteiger partial charge in [-0.25, -0.2) is 8.42 Å². The van der Waals surface area contributed by atoms with Gasteiger partial charge >= 0.3 is 6.18 Å². The van der Waals surface area contributed by atoms with Gasteiger partial charge in [0.1, 0.15) is 0 Å². The summed E-state index contributed by atoms with van der Waals surface area (Å²) in [4.78, 5) is 13.5. The van der Waals surface area contributed by atoms with Gasteiger partial charge in [0.15, 0.2) is 9.84 Å². The van der Waals surface area contributed by atoms with Crippen LogP contribution in [0.15, 0.2) is 18.2 Å². The van der Waals surface area contributed by atoms with Crippen molar-refractivity contribution in [2.75, 3.05) is 36.5 Å². The topological polar surface area (TPSA) is 66.5 Å². The number of alkyl halides is 3. The molecule has 0 aromatic heterocycles. The van der Waals surface area contributed by atoms with Gasteiger partial charge in [-0.1, -0.05) is 11.6 Å². The first-order chi connectivity index (χ1) is 10.6. The molecule has 1 aromatic rings. The number of benzene rings is 1. The Bertz CT molecular complexity index is 693. The van der Waals surface area contributed by atoms with Crippen LogP contribution in [-0.2, 0) is 20.8 Å². The smallest absolute Gasteiger partial charge is 0.324 e. The second kappa shape index (κ2) is 6.66. The average Bonchev–Trinajstić information content (AvgIpc) is 2.42. The molecule has 0 bridgehead atoms. The number of halogens is 4. The summed E-state index contributed by atoms with van der Waals surface area (Å²) in [7, 11) is -3.08. The lowest BCUT2D eigenvalue weighted by Gasteiger charge is -2.26. The van der Waals surface area contributed by atoms with E-state index in [1.165, 1.54) is 6.07 Å². The van der Waals surface area contributed by atoms with Crippen LogP contribution < -0.4 is 5.32 Å². The van der Waals surface area contributed by atoms with E-state index in [9.17, 15) is 26.4 Å². The summed E-state index contributed by atoms with van der Waals surface area (Å²) in [6, 6.07) is 3.08. The third kappa shape index (κ3) is 5.08. The van der Waals surface area contributed by atoms with E-state index >= 15 is 0 Å². The Morgan fingerprint density at radius 3 is 2.43 bits per heavy atom. The van der Waals surface area contributed by atoms with Gasteiger partial charge in [0.05, 0.1) is 29.3 Å². The third-order valence-corrected chi connectivity index (χ3v) is 5.21. The van der Waals surface area contributed by atoms with E-state index in [1.807, 2.05) is 0 Å². The quantitative estimate of drug-likeness (QED) is 0.884. The second-order valence-electron chi connectivity index (χ2n) is 5.16. The number of carbonyl (C=O) groups is 1. The highest BCUT2D eigenvalue weighted by molar-refractivity contribution is 7.91. The van der Waals surface area contributed by atoms with Gasteiger partial charge in [-0.05, 0) is 18.2 Å². The van der Waals surface area contributed by atoms with Crippen molar-refractivity contribution >= 4 is 33.0 Å². The zero-order valence-corrected chi connectivity index (χ0v) is 13.4. The van der Waals surface area contributed by atoms with E-state index in [0.717, 1.165) is 12.1 Å². The van der Waals surface area contributed by atoms with Crippen molar-refractivity contribution in [1.29, 1.82) is 0 Å². The van der Waals surface area contributed by atoms with Gasteiger partial charge in [0.25, 0.3) is 0 Å². The third-order valence-electron chi connectivity index (χ3n) is 3.37. The molecule has 128 valence electrons. The van der Waals surface area contributed by atoms with E-state index in [-0.39, 0.29) is 41.8 Å². The first-order valence-corrected chi connectivity index (χ1v) is 8.86. The van der Waals surface area contributed by atoms with Crippen molar-refractivity contribution in [3.63, 3.8) is 0 Å². The Labute approximate surface area is 136 Å². The number of rotatable bonds is 3. The van der Waals surface area contributed by atoms with Gasteiger partial charge in [-0.3, -0.25) is 9.69 Å². The summed E-state index contributed by atoms with van der Waals surface area (Å²) in [5.74, 6) is -0.763. The molecular formula is C13H14ClF3N2O3S. The molecule has 0 unspecified atom stereocenters. The lowest BCUT2D eigenvalue weighted by atomic mass is 10.1. The first kappa shape index (κ1) is 18.0. The van der Waals surface area contributed by atoms with Gasteiger partial charge < -0.3 is 5.32 Å². The second-order valence-corrected chi connectivity index (χ2v) is 7.90. The molecule has 1 aromatic carbocycles. The lowest BCUT2D eigenvalue weighted by molar-refractivity contribution is -0.137. The van der Waals surface area contributed by atoms with Crippen LogP contribution in [0, 0.1) is 0 Å². The number of nitrogens with zero attached hydrogens (tertiary/aromatic N) is 1. The molecule has 1 saturated heterocycles. The monoisotopic (exact) mass is 370 g/mol. The van der Waals surface area contributed by atoms with Crippen LogP contribution in [-0.4, -0.2) is 50.4 Å². The molecule has 2 rings (SSSR count). The molecule has 5 nitrogen and oxygen atoms in total. The van der Waals surface area contributed by atoms with Gasteiger partial charge in [-0.2, -0.15) is 13.2 Å². The van der Waals surface area contributed by atoms with Crippen LogP contribution in [0.25, 0.3) is 0 Å². The number of hydrogen-bond acceptors (Lipinski definition) is 4. The SMILES string of the molecule is O=C(CN1CCS(=O)(=O)CC1)Nc1ccc(Cl)cc1C(F)(F)F. The van der Waals surface area contributed by atoms with Gasteiger partial charge in [-0.15, -0.1) is 0 Å². The van der Waals surface area contributed by atoms with E-state index in [2.05, 4.69) is 5.32 Å². The van der Waals surface area contributed by atoms with Gasteiger partial charge in [0.2, 0.25) is 5.91 Å². The molecule has 1 amide bonds. The fourth-order valence-corrected chi connectivity index (χ4v) is 3.61. The molecule has 0 spiro atoms. The Morgan fingerprint density at radius 2 is 1.87 bits per heavy atom. The fraction of sp³-hybridized carbons (Fsp3) is 0.462. The highest BCUT2D eigenvalue weighted by Gasteiger charge is 2.34. The maximum Gasteiger partial charge on any atom is 0.418 e. The van der Waals surface area contributed by atoms with Crippen LogP contribution in [0.2, 0.25) is 5.02 Å². The number of sulfone groups is 1. The van der Waals surface area contributed by atoms with Crippen molar-refractivity contribution in [2.24, 2.45) is 0 Å². The summed E-state index contributed by atoms with van der Waals surface area (Å²) in [5.41, 5.74) is -1.41. The summed E-state index contributed by atoms with van der Waals surface area (Å²) >= 11 is 5.56. The number of hydrogen-bond donors (Lipinski definition) is 1. The van der Waals surface area contributed by atoms with Crippen LogP contribution in [0.3, 0.4) is 0 Å². The van der Waals surface area contributed by atoms with E-state index in [1.54, 1.807) is 4.90 Å². The average molecular weight is 371 g/mol. The number of carbonyl (C=O) groups excluding carboxylic acids is 1. The van der Waals surface area contributed by atoms with Crippen LogP contribution >= 0.6 is 11.6 Å². The predicted octanol–water partition coefficient (Wildman–Crippen LogP) is 2.03. The predicted molar refractivity (Wildman–Crippen MR) is 80.2 cm³/mol. The Kier molecular flexibility index (Phi) is 5.22. The molecule has 10 heteroatoms. The zero-order chi connectivity index (χ0) is 17.3. The van der Waals surface area contributed by atoms with Gasteiger partial charge in [0, 0.05) is 18.1 Å². The lowest BCUT2D eigenvalue weighted by Crippen LogP contribution is -2.44. The number of anilines is 1. The zero-order valence-electron chi connectivity index (χ0n) is 11.9. The molecule has 0 aliphatic carbocycles. The molecule has 0 radical (unpaired) electrons. The number of nitrogens with one attached hydrogen (secondary N) is 1. The minimum atomic E-state index is -4.65. The molecule has 1 aliphatic heterocycles. The molecule has 1 aliphatic rings. The Hall–Kier alpha value is -1.32. The van der Waals surface area contributed by atoms with Crippen molar-refractivity contribution in [2.45, 2.75) is 6.18 Å². The Morgan fingerprint density at radius 1 is 1.26 bits per heavy atom. The minimum Gasteiger partial charge on any atom is -0.324 e. The van der Waals surface area contributed by atoms with Crippen LogP contribution in [0.1, 0.15) is 5.56 Å². The fourth-order valence-electron chi connectivity index (χ4n) is 2.16. The van der Waals surface area contributed by atoms with Crippen molar-refractivity contribution < 1.29 is 26.4 Å². The van der Waals surface area contributed by atoms with Crippen molar-refractivity contribution in [3.8, 4) is 0 Å². The molecule has 1 N–H and O–H groups in total. The molecule has 0 atom stereocenters.